The van der Waals surface area contributed by atoms with E-state index in [9.17, 15) is 8.42 Å². The molecule has 20 heavy (non-hydrogen) atoms. The topological polar surface area (TPSA) is 65.5 Å². The van der Waals surface area contributed by atoms with Gasteiger partial charge in [-0.15, -0.1) is 0 Å². The van der Waals surface area contributed by atoms with Crippen LogP contribution in [0, 0.1) is 6.92 Å². The smallest absolute Gasteiger partial charge is 0.344 e. The quantitative estimate of drug-likeness (QED) is 0.793. The second-order valence-corrected chi connectivity index (χ2v) is 5.60. The third-order valence-corrected chi connectivity index (χ3v) is 3.75. The lowest BCUT2D eigenvalue weighted by Crippen LogP contribution is -2.12. The van der Waals surface area contributed by atoms with Crippen molar-refractivity contribution in [2.24, 2.45) is 0 Å². The highest BCUT2D eigenvalue weighted by molar-refractivity contribution is 7.87. The molecule has 1 heterocycles. The van der Waals surface area contributed by atoms with Gasteiger partial charge in [0.25, 0.3) is 0 Å². The molecule has 6 heteroatoms. The number of hydrogen-bond donors (Lipinski definition) is 0. The van der Waals surface area contributed by atoms with Gasteiger partial charge in [0.1, 0.15) is 10.6 Å². The maximum absolute atomic E-state index is 12.3. The third kappa shape index (κ3) is 3.27. The van der Waals surface area contributed by atoms with E-state index in [0.29, 0.717) is 6.61 Å². The minimum Gasteiger partial charge on any atom is -0.492 e. The van der Waals surface area contributed by atoms with Gasteiger partial charge in [-0.05, 0) is 37.6 Å². The fraction of sp³-hybridized carbons (Fsp3) is 0.214. The number of nitrogens with zero attached hydrogens (tertiary/aromatic N) is 1. The zero-order valence-corrected chi connectivity index (χ0v) is 12.1. The Bertz CT molecular complexity index is 684. The molecule has 0 atom stereocenters. The molecule has 1 aromatic carbocycles. The lowest BCUT2D eigenvalue weighted by molar-refractivity contribution is 0.329. The number of benzene rings is 1. The summed E-state index contributed by atoms with van der Waals surface area (Å²) >= 11 is 0. The standard InChI is InChI=1S/C14H15NO4S/c1-3-18-12-8-7-11(2)10-13(12)20(16,17)19-14-6-4-5-9-15-14/h4-10H,3H2,1-2H3. The Morgan fingerprint density at radius 3 is 2.65 bits per heavy atom. The molecule has 0 saturated heterocycles. The van der Waals surface area contributed by atoms with E-state index in [1.54, 1.807) is 38.1 Å². The Kier molecular flexibility index (Phi) is 4.24. The average Bonchev–Trinajstić information content (AvgIpc) is 2.41. The monoisotopic (exact) mass is 293 g/mol. The SMILES string of the molecule is CCOc1ccc(C)cc1S(=O)(=O)Oc1ccccn1. The maximum atomic E-state index is 12.3. The first kappa shape index (κ1) is 14.3. The summed E-state index contributed by atoms with van der Waals surface area (Å²) in [4.78, 5) is 3.85. The summed E-state index contributed by atoms with van der Waals surface area (Å²) in [6.07, 6.45) is 1.46. The van der Waals surface area contributed by atoms with E-state index in [4.69, 9.17) is 8.92 Å². The van der Waals surface area contributed by atoms with E-state index in [1.165, 1.54) is 18.3 Å². The van der Waals surface area contributed by atoms with Gasteiger partial charge < -0.3 is 8.92 Å². The van der Waals surface area contributed by atoms with Gasteiger partial charge in [0.2, 0.25) is 5.88 Å². The first-order chi connectivity index (χ1) is 9.53. The minimum atomic E-state index is -3.98. The van der Waals surface area contributed by atoms with Crippen LogP contribution in [-0.2, 0) is 10.1 Å². The summed E-state index contributed by atoms with van der Waals surface area (Å²) in [6, 6.07) is 9.73. The van der Waals surface area contributed by atoms with Gasteiger partial charge in [0.05, 0.1) is 6.61 Å². The van der Waals surface area contributed by atoms with Crippen molar-refractivity contribution in [3.8, 4) is 11.6 Å². The Balaban J connectivity index is 2.41. The highest BCUT2D eigenvalue weighted by Gasteiger charge is 2.22. The normalized spacial score (nSPS) is 11.1. The molecule has 0 unspecified atom stereocenters. The van der Waals surface area contributed by atoms with E-state index in [2.05, 4.69) is 4.98 Å². The van der Waals surface area contributed by atoms with Crippen molar-refractivity contribution in [2.75, 3.05) is 6.61 Å². The van der Waals surface area contributed by atoms with Gasteiger partial charge in [0, 0.05) is 12.3 Å². The molecule has 0 aliphatic rings. The summed E-state index contributed by atoms with van der Waals surface area (Å²) in [5, 5.41) is 0. The van der Waals surface area contributed by atoms with Crippen molar-refractivity contribution in [2.45, 2.75) is 18.7 Å². The summed E-state index contributed by atoms with van der Waals surface area (Å²) < 4.78 is 35.0. The highest BCUT2D eigenvalue weighted by atomic mass is 32.2. The van der Waals surface area contributed by atoms with E-state index < -0.39 is 10.1 Å². The lowest BCUT2D eigenvalue weighted by Gasteiger charge is -2.11. The van der Waals surface area contributed by atoms with Gasteiger partial charge in [-0.1, -0.05) is 12.1 Å². The molecule has 2 rings (SSSR count). The fourth-order valence-electron chi connectivity index (χ4n) is 1.64. The number of ether oxygens (including phenoxy) is 1. The minimum absolute atomic E-state index is 0.00463. The molecular weight excluding hydrogens is 278 g/mol. The largest absolute Gasteiger partial charge is 0.492 e. The average molecular weight is 293 g/mol. The lowest BCUT2D eigenvalue weighted by atomic mass is 10.2. The molecule has 0 aliphatic carbocycles. The number of aromatic nitrogens is 1. The summed E-state index contributed by atoms with van der Waals surface area (Å²) in [7, 11) is -3.98. The summed E-state index contributed by atoms with van der Waals surface area (Å²) in [5.41, 5.74) is 0.802. The van der Waals surface area contributed by atoms with Crippen molar-refractivity contribution in [1.82, 2.24) is 4.98 Å². The zero-order chi connectivity index (χ0) is 14.6. The molecule has 0 spiro atoms. The van der Waals surface area contributed by atoms with E-state index in [1.807, 2.05) is 0 Å². The number of aryl methyl sites for hydroxylation is 1. The van der Waals surface area contributed by atoms with Gasteiger partial charge >= 0.3 is 10.1 Å². The van der Waals surface area contributed by atoms with Crippen molar-refractivity contribution in [1.29, 1.82) is 0 Å². The van der Waals surface area contributed by atoms with Crippen LogP contribution in [0.15, 0.2) is 47.5 Å². The van der Waals surface area contributed by atoms with Gasteiger partial charge in [-0.2, -0.15) is 8.42 Å². The number of rotatable bonds is 5. The fourth-order valence-corrected chi connectivity index (χ4v) is 2.76. The van der Waals surface area contributed by atoms with Crippen molar-refractivity contribution in [3.05, 3.63) is 48.2 Å². The Morgan fingerprint density at radius 1 is 1.20 bits per heavy atom. The molecule has 0 amide bonds. The van der Waals surface area contributed by atoms with Crippen LogP contribution in [0.25, 0.3) is 0 Å². The van der Waals surface area contributed by atoms with Crippen LogP contribution in [0.3, 0.4) is 0 Å². The van der Waals surface area contributed by atoms with Crippen molar-refractivity contribution >= 4 is 10.1 Å². The Morgan fingerprint density at radius 2 is 2.00 bits per heavy atom. The molecule has 0 saturated carbocycles. The molecule has 106 valence electrons. The van der Waals surface area contributed by atoms with Gasteiger partial charge in [-0.25, -0.2) is 4.98 Å². The first-order valence-corrected chi connectivity index (χ1v) is 7.52. The molecule has 0 radical (unpaired) electrons. The van der Waals surface area contributed by atoms with Crippen LogP contribution >= 0.6 is 0 Å². The van der Waals surface area contributed by atoms with Crippen LogP contribution in [-0.4, -0.2) is 20.0 Å². The Hall–Kier alpha value is -2.08. The number of pyridine rings is 1. The molecule has 0 aliphatic heterocycles. The predicted octanol–water partition coefficient (Wildman–Crippen LogP) is 2.56. The highest BCUT2D eigenvalue weighted by Crippen LogP contribution is 2.27. The molecule has 0 fully saturated rings. The van der Waals surface area contributed by atoms with Gasteiger partial charge in [-0.3, -0.25) is 0 Å². The summed E-state index contributed by atoms with van der Waals surface area (Å²) in [6.45, 7) is 3.96. The molecule has 5 nitrogen and oxygen atoms in total. The Labute approximate surface area is 118 Å². The van der Waals surface area contributed by atoms with E-state index in [-0.39, 0.29) is 16.5 Å². The third-order valence-electron chi connectivity index (χ3n) is 2.50. The summed E-state index contributed by atoms with van der Waals surface area (Å²) in [5.74, 6) is 0.297. The van der Waals surface area contributed by atoms with Crippen molar-refractivity contribution in [3.63, 3.8) is 0 Å². The number of hydrogen-bond acceptors (Lipinski definition) is 5. The second-order valence-electron chi connectivity index (χ2n) is 4.09. The van der Waals surface area contributed by atoms with Crippen LogP contribution in [0.5, 0.6) is 11.6 Å². The maximum Gasteiger partial charge on any atom is 0.344 e. The van der Waals surface area contributed by atoms with Gasteiger partial charge in [0.15, 0.2) is 0 Å². The molecule has 1 aromatic heterocycles. The zero-order valence-electron chi connectivity index (χ0n) is 11.2. The van der Waals surface area contributed by atoms with E-state index >= 15 is 0 Å². The predicted molar refractivity (Wildman–Crippen MR) is 74.4 cm³/mol. The van der Waals surface area contributed by atoms with E-state index in [0.717, 1.165) is 5.56 Å². The first-order valence-electron chi connectivity index (χ1n) is 6.12. The van der Waals surface area contributed by atoms with Crippen molar-refractivity contribution < 1.29 is 17.3 Å². The molecule has 2 aromatic rings. The van der Waals surface area contributed by atoms with Crippen LogP contribution in [0.2, 0.25) is 0 Å². The van der Waals surface area contributed by atoms with Crippen LogP contribution < -0.4 is 8.92 Å². The molecular formula is C14H15NO4S. The van der Waals surface area contributed by atoms with Crippen LogP contribution in [0.4, 0.5) is 0 Å². The second kappa shape index (κ2) is 5.92. The molecule has 0 N–H and O–H groups in total. The molecule has 0 bridgehead atoms. The van der Waals surface area contributed by atoms with Crippen LogP contribution in [0.1, 0.15) is 12.5 Å².